The Kier molecular flexibility index (Phi) is 4.27. The molecular formula is C10H11ClN4O2S. The Bertz CT molecular complexity index is 539. The molecule has 0 atom stereocenters. The Morgan fingerprint density at radius 2 is 2.39 bits per heavy atom. The molecule has 2 rings (SSSR count). The lowest BCUT2D eigenvalue weighted by Gasteiger charge is -1.99. The van der Waals surface area contributed by atoms with Crippen molar-refractivity contribution >= 4 is 28.8 Å². The quantitative estimate of drug-likeness (QED) is 0.841. The van der Waals surface area contributed by atoms with Crippen molar-refractivity contribution in [2.24, 2.45) is 0 Å². The van der Waals surface area contributed by atoms with Crippen molar-refractivity contribution in [1.82, 2.24) is 20.4 Å². The molecular weight excluding hydrogens is 276 g/mol. The normalized spacial score (nSPS) is 10.6. The van der Waals surface area contributed by atoms with Crippen LogP contribution in [-0.2, 0) is 23.6 Å². The van der Waals surface area contributed by atoms with Crippen LogP contribution in [0.4, 0.5) is 0 Å². The zero-order valence-electron chi connectivity index (χ0n) is 9.64. The first-order valence-electron chi connectivity index (χ1n) is 5.22. The molecule has 0 spiro atoms. The van der Waals surface area contributed by atoms with Gasteiger partial charge in [0.05, 0.1) is 24.5 Å². The number of aromatic nitrogens is 3. The highest BCUT2D eigenvalue weighted by Gasteiger charge is 2.09. The number of hydrogen-bond acceptors (Lipinski definition) is 6. The second kappa shape index (κ2) is 5.92. The molecule has 18 heavy (non-hydrogen) atoms. The van der Waals surface area contributed by atoms with Crippen LogP contribution in [0.2, 0.25) is 0 Å². The molecule has 0 radical (unpaired) electrons. The minimum absolute atomic E-state index is 0.138. The van der Waals surface area contributed by atoms with Crippen LogP contribution in [0.15, 0.2) is 9.90 Å². The lowest BCUT2D eigenvalue weighted by Crippen LogP contribution is -2.24. The molecule has 8 heteroatoms. The van der Waals surface area contributed by atoms with Gasteiger partial charge in [-0.15, -0.1) is 22.9 Å². The van der Waals surface area contributed by atoms with E-state index in [1.165, 1.54) is 11.3 Å². The summed E-state index contributed by atoms with van der Waals surface area (Å²) in [6.07, 6.45) is 0.231. The molecule has 2 aromatic heterocycles. The zero-order valence-corrected chi connectivity index (χ0v) is 11.2. The molecule has 1 amide bonds. The van der Waals surface area contributed by atoms with E-state index in [9.17, 15) is 4.79 Å². The van der Waals surface area contributed by atoms with E-state index in [2.05, 4.69) is 20.4 Å². The number of rotatable bonds is 5. The summed E-state index contributed by atoms with van der Waals surface area (Å²) < 4.78 is 4.88. The largest absolute Gasteiger partial charge is 0.347 e. The summed E-state index contributed by atoms with van der Waals surface area (Å²) in [5, 5.41) is 8.90. The highest BCUT2D eigenvalue weighted by Crippen LogP contribution is 2.12. The van der Waals surface area contributed by atoms with Gasteiger partial charge in [0.2, 0.25) is 11.8 Å². The minimum atomic E-state index is -0.138. The van der Waals surface area contributed by atoms with E-state index in [-0.39, 0.29) is 18.9 Å². The van der Waals surface area contributed by atoms with Gasteiger partial charge in [-0.2, -0.15) is 4.98 Å². The molecule has 1 N–H and O–H groups in total. The zero-order chi connectivity index (χ0) is 13.0. The number of nitrogens with one attached hydrogen (secondary N) is 1. The molecule has 0 saturated heterocycles. The molecule has 0 unspecified atom stereocenters. The van der Waals surface area contributed by atoms with Gasteiger partial charge in [-0.25, -0.2) is 4.98 Å². The lowest BCUT2D eigenvalue weighted by molar-refractivity contribution is -0.120. The summed E-state index contributed by atoms with van der Waals surface area (Å²) in [6.45, 7) is 1.95. The lowest BCUT2D eigenvalue weighted by atomic mass is 10.4. The summed E-state index contributed by atoms with van der Waals surface area (Å²) in [4.78, 5) is 19.8. The maximum atomic E-state index is 11.6. The molecule has 2 heterocycles. The van der Waals surface area contributed by atoms with Crippen molar-refractivity contribution in [2.75, 3.05) is 0 Å². The highest BCUT2D eigenvalue weighted by atomic mass is 35.5. The van der Waals surface area contributed by atoms with Gasteiger partial charge in [0, 0.05) is 5.38 Å². The van der Waals surface area contributed by atoms with Gasteiger partial charge in [-0.05, 0) is 6.92 Å². The summed E-state index contributed by atoms with van der Waals surface area (Å²) in [5.41, 5.74) is 0.789. The van der Waals surface area contributed by atoms with Crippen molar-refractivity contribution in [1.29, 1.82) is 0 Å². The van der Waals surface area contributed by atoms with Crippen LogP contribution in [0.25, 0.3) is 0 Å². The number of thiazole rings is 1. The summed E-state index contributed by atoms with van der Waals surface area (Å²) >= 11 is 7.06. The van der Waals surface area contributed by atoms with Gasteiger partial charge >= 0.3 is 0 Å². The Balaban J connectivity index is 1.81. The molecule has 6 nitrogen and oxygen atoms in total. The molecule has 0 aliphatic rings. The number of carbonyl (C=O) groups excluding carboxylic acids is 1. The molecule has 0 bridgehead atoms. The summed E-state index contributed by atoms with van der Waals surface area (Å²) in [6, 6.07) is 0. The molecule has 0 aromatic carbocycles. The minimum Gasteiger partial charge on any atom is -0.347 e. The number of carbonyl (C=O) groups is 1. The number of hydrogen-bond donors (Lipinski definition) is 1. The molecule has 0 aliphatic heterocycles. The van der Waals surface area contributed by atoms with Crippen molar-refractivity contribution in [3.63, 3.8) is 0 Å². The van der Waals surface area contributed by atoms with E-state index < -0.39 is 0 Å². The highest BCUT2D eigenvalue weighted by molar-refractivity contribution is 7.09. The second-order valence-electron chi connectivity index (χ2n) is 3.56. The first-order chi connectivity index (χ1) is 8.67. The van der Waals surface area contributed by atoms with Crippen molar-refractivity contribution in [3.8, 4) is 0 Å². The number of alkyl halides is 1. The third kappa shape index (κ3) is 3.51. The van der Waals surface area contributed by atoms with Crippen LogP contribution >= 0.6 is 22.9 Å². The van der Waals surface area contributed by atoms with E-state index >= 15 is 0 Å². The van der Waals surface area contributed by atoms with E-state index in [0.717, 1.165) is 10.7 Å². The predicted molar refractivity (Wildman–Crippen MR) is 66.3 cm³/mol. The average Bonchev–Trinajstić information content (AvgIpc) is 2.95. The SMILES string of the molecule is Cc1noc(CNC(=O)Cc2nc(CCl)cs2)n1. The third-order valence-electron chi connectivity index (χ3n) is 2.05. The number of amides is 1. The second-order valence-corrected chi connectivity index (χ2v) is 4.76. The first kappa shape index (κ1) is 13.0. The van der Waals surface area contributed by atoms with E-state index in [1.807, 2.05) is 5.38 Å². The van der Waals surface area contributed by atoms with E-state index in [4.69, 9.17) is 16.1 Å². The van der Waals surface area contributed by atoms with Crippen molar-refractivity contribution in [2.45, 2.75) is 25.8 Å². The average molecular weight is 287 g/mol. The van der Waals surface area contributed by atoms with Gasteiger partial charge in [0.25, 0.3) is 0 Å². The Morgan fingerprint density at radius 1 is 1.56 bits per heavy atom. The topological polar surface area (TPSA) is 80.9 Å². The number of nitrogens with zero attached hydrogens (tertiary/aromatic N) is 3. The number of halogens is 1. The predicted octanol–water partition coefficient (Wildman–Crippen LogP) is 1.43. The maximum Gasteiger partial charge on any atom is 0.246 e. The molecule has 0 saturated carbocycles. The van der Waals surface area contributed by atoms with Crippen LogP contribution in [0.3, 0.4) is 0 Å². The Hall–Kier alpha value is -1.47. The summed E-state index contributed by atoms with van der Waals surface area (Å²) in [5.74, 6) is 1.16. The number of aryl methyl sites for hydroxylation is 1. The van der Waals surface area contributed by atoms with Crippen molar-refractivity contribution in [3.05, 3.63) is 27.8 Å². The van der Waals surface area contributed by atoms with Crippen LogP contribution < -0.4 is 5.32 Å². The molecule has 0 fully saturated rings. The van der Waals surface area contributed by atoms with Crippen LogP contribution in [0.5, 0.6) is 0 Å². The van der Waals surface area contributed by atoms with Crippen LogP contribution in [-0.4, -0.2) is 21.0 Å². The maximum absolute atomic E-state index is 11.6. The summed E-state index contributed by atoms with van der Waals surface area (Å²) in [7, 11) is 0. The standard InChI is InChI=1S/C10H11ClN4O2S/c1-6-13-9(17-15-6)4-12-8(16)2-10-14-7(3-11)5-18-10/h5H,2-4H2,1H3,(H,12,16). The fourth-order valence-corrected chi connectivity index (χ4v) is 2.30. The van der Waals surface area contributed by atoms with Gasteiger partial charge in [-0.1, -0.05) is 5.16 Å². The Labute approximate surface area is 112 Å². The monoisotopic (exact) mass is 286 g/mol. The first-order valence-corrected chi connectivity index (χ1v) is 6.64. The third-order valence-corrected chi connectivity index (χ3v) is 3.23. The van der Waals surface area contributed by atoms with Gasteiger partial charge < -0.3 is 9.84 Å². The smallest absolute Gasteiger partial charge is 0.246 e. The molecule has 0 aliphatic carbocycles. The van der Waals surface area contributed by atoms with Crippen molar-refractivity contribution < 1.29 is 9.32 Å². The van der Waals surface area contributed by atoms with Gasteiger partial charge in [0.1, 0.15) is 5.01 Å². The van der Waals surface area contributed by atoms with E-state index in [1.54, 1.807) is 6.92 Å². The fourth-order valence-electron chi connectivity index (χ4n) is 1.28. The fraction of sp³-hybridized carbons (Fsp3) is 0.400. The Morgan fingerprint density at radius 3 is 3.00 bits per heavy atom. The molecule has 2 aromatic rings. The van der Waals surface area contributed by atoms with E-state index in [0.29, 0.717) is 17.6 Å². The van der Waals surface area contributed by atoms with Crippen LogP contribution in [0, 0.1) is 6.92 Å². The molecule has 96 valence electrons. The van der Waals surface area contributed by atoms with Gasteiger partial charge in [0.15, 0.2) is 5.82 Å². The van der Waals surface area contributed by atoms with Gasteiger partial charge in [-0.3, -0.25) is 4.79 Å². The van der Waals surface area contributed by atoms with Crippen LogP contribution in [0.1, 0.15) is 22.4 Å².